The Hall–Kier alpha value is -1.43. The Bertz CT molecular complexity index is 427. The van der Waals surface area contributed by atoms with Gasteiger partial charge in [0, 0.05) is 11.1 Å². The molecule has 7 heteroatoms. The molecule has 0 aliphatic rings. The van der Waals surface area contributed by atoms with E-state index >= 15 is 0 Å². The molecule has 1 aromatic rings. The monoisotopic (exact) mass is 264 g/mol. The number of pyridine rings is 1. The summed E-state index contributed by atoms with van der Waals surface area (Å²) in [6.07, 6.45) is -3.12. The van der Waals surface area contributed by atoms with Crippen molar-refractivity contribution in [1.29, 1.82) is 0 Å². The van der Waals surface area contributed by atoms with Crippen molar-refractivity contribution in [2.24, 2.45) is 0 Å². The molecule has 2 N–H and O–H groups in total. The summed E-state index contributed by atoms with van der Waals surface area (Å²) in [6, 6.07) is 0.997. The number of halogens is 3. The topological polar surface area (TPSA) is 65.2 Å². The molecule has 94 valence electrons. The molecule has 0 radical (unpaired) electrons. The van der Waals surface area contributed by atoms with E-state index in [0.717, 1.165) is 6.07 Å². The van der Waals surface area contributed by atoms with Crippen LogP contribution in [-0.2, 0) is 16.0 Å². The van der Waals surface area contributed by atoms with Crippen LogP contribution in [0.5, 0.6) is 0 Å². The van der Waals surface area contributed by atoms with Crippen LogP contribution in [0.25, 0.3) is 0 Å². The third kappa shape index (κ3) is 3.52. The van der Waals surface area contributed by atoms with Crippen LogP contribution in [0, 0.1) is 0 Å². The molecule has 1 heterocycles. The summed E-state index contributed by atoms with van der Waals surface area (Å²) in [5.74, 6) is -0.814. The highest BCUT2D eigenvalue weighted by Crippen LogP contribution is 2.29. The minimum Gasteiger partial charge on any atom is -0.466 e. The normalized spacial score (nSPS) is 10.6. The number of hydrogen-bond acceptors (Lipinski definition) is 4. The largest absolute Gasteiger partial charge is 0.466 e. The fourth-order valence-electron chi connectivity index (χ4n) is 1.32. The maximum absolute atomic E-state index is 12.7. The van der Waals surface area contributed by atoms with Crippen molar-refractivity contribution in [2.75, 3.05) is 12.3 Å². The maximum atomic E-state index is 12.7. The number of aromatic nitrogens is 1. The molecule has 1 aromatic heterocycles. The molecule has 0 atom stereocenters. The smallest absolute Gasteiger partial charge is 0.310 e. The zero-order valence-electron chi connectivity index (χ0n) is 9.04. The third-order valence-corrected chi connectivity index (χ3v) is 2.21. The Morgan fingerprint density at radius 3 is 2.82 bits per heavy atom. The predicted molar refractivity (Wildman–Crippen MR) is 59.0 cm³/mol. The standard InChI is InChI=1S/C10H11ClF2N2O2/c1-2-17-8(16)4-6-5(9(12)13)3-7(11)15-10(6)14/h3,9H,2,4H2,1H3,(H2,14,15). The van der Waals surface area contributed by atoms with E-state index in [9.17, 15) is 13.6 Å². The van der Waals surface area contributed by atoms with Crippen LogP contribution >= 0.6 is 11.6 Å². The molecular weight excluding hydrogens is 254 g/mol. The van der Waals surface area contributed by atoms with Crippen LogP contribution < -0.4 is 5.73 Å². The molecule has 0 amide bonds. The summed E-state index contributed by atoms with van der Waals surface area (Å²) in [6.45, 7) is 1.79. The van der Waals surface area contributed by atoms with Crippen LogP contribution in [0.4, 0.5) is 14.6 Å². The van der Waals surface area contributed by atoms with Gasteiger partial charge in [-0.1, -0.05) is 11.6 Å². The summed E-state index contributed by atoms with van der Waals surface area (Å²) in [7, 11) is 0. The van der Waals surface area contributed by atoms with Crippen molar-refractivity contribution in [1.82, 2.24) is 4.98 Å². The van der Waals surface area contributed by atoms with Gasteiger partial charge in [0.1, 0.15) is 11.0 Å². The first-order chi connectivity index (χ1) is 7.95. The molecule has 0 spiro atoms. The van der Waals surface area contributed by atoms with Crippen LogP contribution in [0.1, 0.15) is 24.5 Å². The number of carbonyl (C=O) groups is 1. The van der Waals surface area contributed by atoms with Crippen LogP contribution in [0.15, 0.2) is 6.07 Å². The van der Waals surface area contributed by atoms with E-state index in [-0.39, 0.29) is 29.6 Å². The number of nitrogens with zero attached hydrogens (tertiary/aromatic N) is 1. The molecule has 0 bridgehead atoms. The molecule has 0 saturated heterocycles. The van der Waals surface area contributed by atoms with Crippen molar-refractivity contribution in [3.8, 4) is 0 Å². The third-order valence-electron chi connectivity index (χ3n) is 2.02. The Kier molecular flexibility index (Phi) is 4.62. The van der Waals surface area contributed by atoms with Crippen molar-refractivity contribution < 1.29 is 18.3 Å². The van der Waals surface area contributed by atoms with Crippen molar-refractivity contribution >= 4 is 23.4 Å². The van der Waals surface area contributed by atoms with Gasteiger partial charge in [-0.15, -0.1) is 0 Å². The van der Waals surface area contributed by atoms with E-state index < -0.39 is 18.0 Å². The first-order valence-electron chi connectivity index (χ1n) is 4.84. The van der Waals surface area contributed by atoms with Gasteiger partial charge in [-0.05, 0) is 13.0 Å². The predicted octanol–water partition coefficient (Wildman–Crippen LogP) is 2.36. The summed E-state index contributed by atoms with van der Waals surface area (Å²) in [4.78, 5) is 14.9. The minimum atomic E-state index is -2.78. The molecule has 0 aliphatic carbocycles. The number of esters is 1. The molecular formula is C10H11ClF2N2O2. The Morgan fingerprint density at radius 1 is 1.65 bits per heavy atom. The molecule has 0 fully saturated rings. The lowest BCUT2D eigenvalue weighted by atomic mass is 10.1. The highest BCUT2D eigenvalue weighted by Gasteiger charge is 2.20. The van der Waals surface area contributed by atoms with Gasteiger partial charge in [0.15, 0.2) is 0 Å². The lowest BCUT2D eigenvalue weighted by molar-refractivity contribution is -0.142. The lowest BCUT2D eigenvalue weighted by Crippen LogP contribution is -2.12. The zero-order chi connectivity index (χ0) is 13.0. The second-order valence-electron chi connectivity index (χ2n) is 3.18. The van der Waals surface area contributed by atoms with Crippen molar-refractivity contribution in [2.45, 2.75) is 19.8 Å². The van der Waals surface area contributed by atoms with Gasteiger partial charge < -0.3 is 10.5 Å². The maximum Gasteiger partial charge on any atom is 0.310 e. The van der Waals surface area contributed by atoms with Crippen molar-refractivity contribution in [3.63, 3.8) is 0 Å². The van der Waals surface area contributed by atoms with E-state index in [1.165, 1.54) is 0 Å². The van der Waals surface area contributed by atoms with Gasteiger partial charge in [-0.25, -0.2) is 13.8 Å². The number of rotatable bonds is 4. The summed E-state index contributed by atoms with van der Waals surface area (Å²) in [5, 5.41) is -0.134. The highest BCUT2D eigenvalue weighted by atomic mass is 35.5. The Balaban J connectivity index is 3.08. The molecule has 17 heavy (non-hydrogen) atoms. The van der Waals surface area contributed by atoms with Gasteiger partial charge in [-0.3, -0.25) is 4.79 Å². The molecule has 0 saturated carbocycles. The highest BCUT2D eigenvalue weighted by molar-refractivity contribution is 6.29. The summed E-state index contributed by atoms with van der Waals surface area (Å²) >= 11 is 5.52. The second kappa shape index (κ2) is 5.77. The van der Waals surface area contributed by atoms with Gasteiger partial charge >= 0.3 is 5.97 Å². The SMILES string of the molecule is CCOC(=O)Cc1c(C(F)F)cc(Cl)nc1N. The number of hydrogen-bond donors (Lipinski definition) is 1. The average molecular weight is 265 g/mol. The van der Waals surface area contributed by atoms with Crippen molar-refractivity contribution in [3.05, 3.63) is 22.3 Å². The number of carbonyl (C=O) groups excluding carboxylic acids is 1. The second-order valence-corrected chi connectivity index (χ2v) is 3.57. The van der Waals surface area contributed by atoms with Crippen LogP contribution in [0.2, 0.25) is 5.15 Å². The zero-order valence-corrected chi connectivity index (χ0v) is 9.80. The number of nitrogens with two attached hydrogens (primary N) is 1. The fraction of sp³-hybridized carbons (Fsp3) is 0.400. The lowest BCUT2D eigenvalue weighted by Gasteiger charge is -2.11. The van der Waals surface area contributed by atoms with E-state index in [0.29, 0.717) is 0 Å². The van der Waals surface area contributed by atoms with Gasteiger partial charge in [-0.2, -0.15) is 0 Å². The van der Waals surface area contributed by atoms with Gasteiger partial charge in [0.2, 0.25) is 0 Å². The molecule has 4 nitrogen and oxygen atoms in total. The Morgan fingerprint density at radius 2 is 2.29 bits per heavy atom. The number of alkyl halides is 2. The minimum absolute atomic E-state index is 0.0390. The quantitative estimate of drug-likeness (QED) is 0.670. The van der Waals surface area contributed by atoms with E-state index in [4.69, 9.17) is 17.3 Å². The first kappa shape index (κ1) is 13.6. The number of nitrogen functional groups attached to an aromatic ring is 1. The number of anilines is 1. The fourth-order valence-corrected chi connectivity index (χ4v) is 1.53. The molecule has 0 unspecified atom stereocenters. The van der Waals surface area contributed by atoms with E-state index in [1.54, 1.807) is 6.92 Å². The van der Waals surface area contributed by atoms with Gasteiger partial charge in [0.25, 0.3) is 6.43 Å². The molecule has 0 aliphatic heterocycles. The Labute approximate surface area is 102 Å². The summed E-state index contributed by atoms with van der Waals surface area (Å²) in [5.41, 5.74) is 5.04. The molecule has 1 rings (SSSR count). The molecule has 0 aromatic carbocycles. The van der Waals surface area contributed by atoms with E-state index in [2.05, 4.69) is 9.72 Å². The first-order valence-corrected chi connectivity index (χ1v) is 5.22. The average Bonchev–Trinajstić information content (AvgIpc) is 2.21. The van der Waals surface area contributed by atoms with E-state index in [1.807, 2.05) is 0 Å². The number of ether oxygens (including phenoxy) is 1. The van der Waals surface area contributed by atoms with Crippen LogP contribution in [0.3, 0.4) is 0 Å². The van der Waals surface area contributed by atoms with Gasteiger partial charge in [0.05, 0.1) is 13.0 Å². The van der Waals surface area contributed by atoms with Crippen LogP contribution in [-0.4, -0.2) is 17.6 Å². The summed E-state index contributed by atoms with van der Waals surface area (Å²) < 4.78 is 30.1.